The summed E-state index contributed by atoms with van der Waals surface area (Å²) in [5.41, 5.74) is 0.200. The molecule has 0 atom stereocenters. The number of alkyl halides is 3. The summed E-state index contributed by atoms with van der Waals surface area (Å²) in [7, 11) is 0. The summed E-state index contributed by atoms with van der Waals surface area (Å²) < 4.78 is 43.6. The molecular weight excluding hydrogens is 349 g/mol. The van der Waals surface area contributed by atoms with Gasteiger partial charge in [-0.3, -0.25) is 4.79 Å². The Morgan fingerprint density at radius 3 is 2.57 bits per heavy atom. The van der Waals surface area contributed by atoms with Crippen molar-refractivity contribution in [2.24, 2.45) is 0 Å². The van der Waals surface area contributed by atoms with Crippen LogP contribution in [0, 0.1) is 0 Å². The lowest BCUT2D eigenvalue weighted by molar-refractivity contribution is -0.145. The van der Waals surface area contributed by atoms with Crippen LogP contribution >= 0.6 is 22.9 Å². The zero-order valence-corrected chi connectivity index (χ0v) is 13.6. The van der Waals surface area contributed by atoms with Crippen LogP contribution in [0.1, 0.15) is 29.5 Å². The van der Waals surface area contributed by atoms with Gasteiger partial charge in [0.15, 0.2) is 0 Å². The van der Waals surface area contributed by atoms with Gasteiger partial charge in [0.25, 0.3) is 0 Å². The molecule has 0 aliphatic carbocycles. The average Bonchev–Trinajstić information content (AvgIpc) is 2.88. The zero-order chi connectivity index (χ0) is 16.9. The second-order valence-corrected chi connectivity index (χ2v) is 6.38. The van der Waals surface area contributed by atoms with Crippen molar-refractivity contribution < 1.29 is 22.7 Å². The summed E-state index contributed by atoms with van der Waals surface area (Å²) in [5, 5.41) is 1.01. The summed E-state index contributed by atoms with van der Waals surface area (Å²) in [4.78, 5) is 11.6. The fourth-order valence-electron chi connectivity index (χ4n) is 2.05. The summed E-state index contributed by atoms with van der Waals surface area (Å²) >= 11 is 6.66. The van der Waals surface area contributed by atoms with Crippen molar-refractivity contribution in [2.45, 2.75) is 32.0 Å². The van der Waals surface area contributed by atoms with E-state index in [1.54, 1.807) is 0 Å². The number of halogens is 4. The number of thiophene rings is 1. The van der Waals surface area contributed by atoms with Gasteiger partial charge < -0.3 is 4.74 Å². The van der Waals surface area contributed by atoms with Gasteiger partial charge in [-0.25, -0.2) is 0 Å². The Hall–Kier alpha value is -1.53. The number of rotatable bonds is 6. The van der Waals surface area contributed by atoms with E-state index >= 15 is 0 Å². The van der Waals surface area contributed by atoms with E-state index in [9.17, 15) is 18.0 Å². The highest BCUT2D eigenvalue weighted by atomic mass is 35.5. The molecule has 0 amide bonds. The third-order valence-corrected chi connectivity index (χ3v) is 4.50. The maximum absolute atomic E-state index is 12.8. The lowest BCUT2D eigenvalue weighted by atomic mass is 10.1. The predicted octanol–water partition coefficient (Wildman–Crippen LogP) is 5.49. The van der Waals surface area contributed by atoms with Crippen molar-refractivity contribution in [2.75, 3.05) is 0 Å². The van der Waals surface area contributed by atoms with Gasteiger partial charge in [-0.1, -0.05) is 41.9 Å². The molecule has 1 heterocycles. The fourth-order valence-corrected chi connectivity index (χ4v) is 3.23. The highest BCUT2D eigenvalue weighted by molar-refractivity contribution is 7.14. The molecule has 2 aromatic rings. The first-order valence-electron chi connectivity index (χ1n) is 6.90. The summed E-state index contributed by atoms with van der Waals surface area (Å²) in [6.07, 6.45) is -4.02. The minimum absolute atomic E-state index is 0.0519. The quantitative estimate of drug-likeness (QED) is 0.635. The Morgan fingerprint density at radius 2 is 1.91 bits per heavy atom. The standard InChI is InChI=1S/C16H14ClF3O2S/c17-15-12(13(10-23-15)16(18,19)20)7-4-8-14(21)22-9-11-5-2-1-3-6-11/h1-3,5-6,10H,4,7-9H2. The van der Waals surface area contributed by atoms with Crippen LogP contribution in [0.3, 0.4) is 0 Å². The first-order chi connectivity index (χ1) is 10.9. The normalized spacial score (nSPS) is 11.5. The van der Waals surface area contributed by atoms with Crippen LogP contribution in [0.4, 0.5) is 13.2 Å². The number of hydrogen-bond donors (Lipinski definition) is 0. The molecule has 0 unspecified atom stereocenters. The number of carbonyl (C=O) groups is 1. The van der Waals surface area contributed by atoms with Crippen molar-refractivity contribution in [3.8, 4) is 0 Å². The van der Waals surface area contributed by atoms with E-state index in [0.29, 0.717) is 0 Å². The van der Waals surface area contributed by atoms with Crippen LogP contribution in [0.5, 0.6) is 0 Å². The molecule has 124 valence electrons. The Kier molecular flexibility index (Phi) is 6.07. The third-order valence-electron chi connectivity index (χ3n) is 3.20. The maximum atomic E-state index is 12.8. The lowest BCUT2D eigenvalue weighted by Crippen LogP contribution is -2.08. The van der Waals surface area contributed by atoms with Crippen molar-refractivity contribution >= 4 is 28.9 Å². The van der Waals surface area contributed by atoms with Gasteiger partial charge in [-0.2, -0.15) is 13.2 Å². The summed E-state index contributed by atoms with van der Waals surface area (Å²) in [5.74, 6) is -0.436. The number of esters is 1. The Bertz CT molecular complexity index is 653. The third kappa shape index (κ3) is 5.25. The Labute approximate surface area is 140 Å². The molecule has 0 saturated heterocycles. The molecule has 0 fully saturated rings. The zero-order valence-electron chi connectivity index (χ0n) is 12.0. The number of carbonyl (C=O) groups excluding carboxylic acids is 1. The van der Waals surface area contributed by atoms with Gasteiger partial charge in [0.2, 0.25) is 0 Å². The van der Waals surface area contributed by atoms with E-state index in [1.165, 1.54) is 0 Å². The van der Waals surface area contributed by atoms with Gasteiger partial charge in [0, 0.05) is 11.8 Å². The maximum Gasteiger partial charge on any atom is 0.417 e. The Balaban J connectivity index is 1.81. The molecule has 0 spiro atoms. The van der Waals surface area contributed by atoms with Gasteiger partial charge in [0.1, 0.15) is 6.61 Å². The van der Waals surface area contributed by atoms with E-state index in [-0.39, 0.29) is 35.8 Å². The molecule has 0 bridgehead atoms. The highest BCUT2D eigenvalue weighted by Gasteiger charge is 2.35. The second-order valence-electron chi connectivity index (χ2n) is 4.90. The van der Waals surface area contributed by atoms with E-state index in [0.717, 1.165) is 22.3 Å². The molecule has 0 radical (unpaired) electrons. The Morgan fingerprint density at radius 1 is 1.22 bits per heavy atom. The topological polar surface area (TPSA) is 26.3 Å². The number of benzene rings is 1. The van der Waals surface area contributed by atoms with Gasteiger partial charge >= 0.3 is 12.1 Å². The number of ether oxygens (including phenoxy) is 1. The first-order valence-corrected chi connectivity index (χ1v) is 8.16. The van der Waals surface area contributed by atoms with Crippen LogP contribution in [0.15, 0.2) is 35.7 Å². The molecule has 2 nitrogen and oxygen atoms in total. The van der Waals surface area contributed by atoms with Crippen LogP contribution in [-0.4, -0.2) is 5.97 Å². The predicted molar refractivity (Wildman–Crippen MR) is 83.5 cm³/mol. The first kappa shape index (κ1) is 17.8. The van der Waals surface area contributed by atoms with Crippen molar-refractivity contribution in [1.82, 2.24) is 0 Å². The molecule has 7 heteroatoms. The van der Waals surface area contributed by atoms with Crippen LogP contribution in [0.25, 0.3) is 0 Å². The summed E-state index contributed by atoms with van der Waals surface area (Å²) in [6.45, 7) is 0.159. The molecule has 0 aliphatic rings. The van der Waals surface area contributed by atoms with Gasteiger partial charge in [0.05, 0.1) is 9.90 Å². The molecule has 0 N–H and O–H groups in total. The second kappa shape index (κ2) is 7.84. The van der Waals surface area contributed by atoms with Crippen molar-refractivity contribution in [3.05, 3.63) is 56.7 Å². The fraction of sp³-hybridized carbons (Fsp3) is 0.312. The van der Waals surface area contributed by atoms with Crippen LogP contribution < -0.4 is 0 Å². The van der Waals surface area contributed by atoms with Crippen LogP contribution in [0.2, 0.25) is 4.34 Å². The van der Waals surface area contributed by atoms with E-state index in [1.807, 2.05) is 30.3 Å². The molecule has 2 rings (SSSR count). The monoisotopic (exact) mass is 362 g/mol. The number of hydrogen-bond acceptors (Lipinski definition) is 3. The van der Waals surface area contributed by atoms with E-state index in [2.05, 4.69) is 0 Å². The molecule has 23 heavy (non-hydrogen) atoms. The highest BCUT2D eigenvalue weighted by Crippen LogP contribution is 2.39. The largest absolute Gasteiger partial charge is 0.461 e. The van der Waals surface area contributed by atoms with Crippen molar-refractivity contribution in [1.29, 1.82) is 0 Å². The van der Waals surface area contributed by atoms with Gasteiger partial charge in [-0.15, -0.1) is 11.3 Å². The molecule has 0 saturated carbocycles. The molecule has 1 aromatic heterocycles. The minimum Gasteiger partial charge on any atom is -0.461 e. The van der Waals surface area contributed by atoms with E-state index < -0.39 is 17.7 Å². The van der Waals surface area contributed by atoms with Crippen molar-refractivity contribution in [3.63, 3.8) is 0 Å². The smallest absolute Gasteiger partial charge is 0.417 e. The average molecular weight is 363 g/mol. The lowest BCUT2D eigenvalue weighted by Gasteiger charge is -2.09. The van der Waals surface area contributed by atoms with Gasteiger partial charge in [-0.05, 0) is 24.0 Å². The minimum atomic E-state index is -4.42. The molecule has 0 aliphatic heterocycles. The van der Waals surface area contributed by atoms with E-state index in [4.69, 9.17) is 16.3 Å². The molecular formula is C16H14ClF3O2S. The summed E-state index contributed by atoms with van der Waals surface area (Å²) in [6, 6.07) is 9.18. The SMILES string of the molecule is O=C(CCCc1c(C(F)(F)F)csc1Cl)OCc1ccccc1. The van der Waals surface area contributed by atoms with Crippen LogP contribution in [-0.2, 0) is 28.7 Å². The molecule has 1 aromatic carbocycles.